The maximum absolute atomic E-state index is 13.1. The van der Waals surface area contributed by atoms with Crippen molar-refractivity contribution in [1.82, 2.24) is 23.3 Å². The molecular formula is C100H92N6. The SMILES string of the molecule is Cc1cc(-c2c(-c3ccc(-n4c5ccccc5c5cc(C(C)(C)C)ccc54)cc3)c(C#N)c(-n3c4ccc(C(C)(C)C)cc4c4cc(C(C)(C)C)ccc43)c(-c3ccc(-n4c5ccccc5c5cc(C(C)(C)C)ccc54)cc3)c2-c2ccc(-n3c4ccccc4c4cc(C(C)(C)C)ccc43)cc2)cc(C)n1. The van der Waals surface area contributed by atoms with E-state index in [-0.39, 0.29) is 27.1 Å². The standard InChI is InChI=1S/C100H92N6/c1-60-52-65(53-61(2)102-60)93-91(62-30-41-71(42-31-62)103-83-27-21-18-24-74(83)77-54-66(96(3,4)5)36-47-86(77)103)82(59-101)95(106-89-50-39-69(99(12,13)14)57-80(89)81-58-70(100(15,16)17)40-51-90(81)106)94(64-34-45-73(46-35-64)105-85-29-23-20-26-76(85)79-56-68(98(9,10)11)38-49-88(79)105)92(93)63-32-43-72(44-33-63)104-84-28-22-19-25-75(84)78-55-67(97(6,7)8)37-48-87(78)104/h18-58H,1-17H3. The van der Waals surface area contributed by atoms with Crippen LogP contribution in [-0.2, 0) is 27.1 Å². The van der Waals surface area contributed by atoms with E-state index in [4.69, 9.17) is 4.98 Å². The van der Waals surface area contributed by atoms with Crippen molar-refractivity contribution in [2.45, 2.75) is 145 Å². The van der Waals surface area contributed by atoms with Crippen LogP contribution in [0, 0.1) is 25.2 Å². The molecule has 0 aliphatic heterocycles. The summed E-state index contributed by atoms with van der Waals surface area (Å²) in [4.78, 5) is 5.10. The number of fused-ring (bicyclic) bond motifs is 12. The molecule has 6 heteroatoms. The maximum Gasteiger partial charge on any atom is 0.102 e. The lowest BCUT2D eigenvalue weighted by molar-refractivity contribution is 0.590. The number of aromatic nitrogens is 5. The quantitative estimate of drug-likeness (QED) is 0.152. The summed E-state index contributed by atoms with van der Waals surface area (Å²) >= 11 is 0. The lowest BCUT2D eigenvalue weighted by Gasteiger charge is -2.28. The third-order valence-electron chi connectivity index (χ3n) is 22.5. The number of benzene rings is 12. The predicted octanol–water partition coefficient (Wildman–Crippen LogP) is 27.1. The molecule has 522 valence electrons. The van der Waals surface area contributed by atoms with E-state index < -0.39 is 0 Å². The van der Waals surface area contributed by atoms with Crippen molar-refractivity contribution in [2.75, 3.05) is 0 Å². The van der Waals surface area contributed by atoms with Crippen LogP contribution in [-0.4, -0.2) is 23.3 Å². The van der Waals surface area contributed by atoms with Crippen molar-refractivity contribution in [1.29, 1.82) is 5.26 Å². The number of hydrogen-bond donors (Lipinski definition) is 0. The van der Waals surface area contributed by atoms with Crippen molar-refractivity contribution >= 4 is 87.2 Å². The van der Waals surface area contributed by atoms with E-state index in [1.807, 2.05) is 0 Å². The number of nitriles is 1. The molecule has 0 bridgehead atoms. The molecule has 106 heavy (non-hydrogen) atoms. The Morgan fingerprint density at radius 3 is 0.811 bits per heavy atom. The van der Waals surface area contributed by atoms with Crippen LogP contribution in [0.2, 0.25) is 0 Å². The Bertz CT molecular complexity index is 6420. The van der Waals surface area contributed by atoms with Gasteiger partial charge in [0.25, 0.3) is 0 Å². The molecular weight excluding hydrogens is 1290 g/mol. The van der Waals surface area contributed by atoms with E-state index in [1.165, 1.54) is 60.1 Å². The van der Waals surface area contributed by atoms with Gasteiger partial charge in [0.1, 0.15) is 6.07 Å². The van der Waals surface area contributed by atoms with Crippen molar-refractivity contribution in [3.63, 3.8) is 0 Å². The molecule has 0 aliphatic carbocycles. The first-order valence-corrected chi connectivity index (χ1v) is 37.6. The first kappa shape index (κ1) is 67.6. The zero-order chi connectivity index (χ0) is 74.0. The molecule has 6 nitrogen and oxygen atoms in total. The normalized spacial score (nSPS) is 12.8. The van der Waals surface area contributed by atoms with E-state index >= 15 is 0 Å². The molecule has 0 spiro atoms. The van der Waals surface area contributed by atoms with E-state index in [0.717, 1.165) is 134 Å². The van der Waals surface area contributed by atoms with Crippen LogP contribution >= 0.6 is 0 Å². The Kier molecular flexibility index (Phi) is 15.5. The monoisotopic (exact) mass is 1380 g/mol. The smallest absolute Gasteiger partial charge is 0.102 e. The van der Waals surface area contributed by atoms with Crippen molar-refractivity contribution in [3.05, 3.63) is 293 Å². The van der Waals surface area contributed by atoms with E-state index in [0.29, 0.717) is 5.56 Å². The Balaban J connectivity index is 1.02. The molecule has 0 radical (unpaired) electrons. The third kappa shape index (κ3) is 11.1. The number of aryl methyl sites for hydroxylation is 2. The Labute approximate surface area is 623 Å². The maximum atomic E-state index is 13.1. The van der Waals surface area contributed by atoms with Gasteiger partial charge in [-0.1, -0.05) is 225 Å². The van der Waals surface area contributed by atoms with E-state index in [2.05, 4.69) is 391 Å². The molecule has 12 aromatic carbocycles. The molecule has 0 atom stereocenters. The second-order valence-corrected chi connectivity index (χ2v) is 34.9. The van der Waals surface area contributed by atoms with Crippen LogP contribution in [0.15, 0.2) is 249 Å². The van der Waals surface area contributed by atoms with Gasteiger partial charge >= 0.3 is 0 Å². The molecule has 0 unspecified atom stereocenters. The minimum Gasteiger partial charge on any atom is -0.309 e. The largest absolute Gasteiger partial charge is 0.309 e. The summed E-state index contributed by atoms with van der Waals surface area (Å²) in [5.74, 6) is 0. The Morgan fingerprint density at radius 1 is 0.255 bits per heavy atom. The fourth-order valence-electron chi connectivity index (χ4n) is 16.9. The summed E-state index contributed by atoms with van der Waals surface area (Å²) in [6.07, 6.45) is 0. The van der Waals surface area contributed by atoms with Crippen LogP contribution in [0.3, 0.4) is 0 Å². The average molecular weight is 1380 g/mol. The minimum absolute atomic E-state index is 0.0304. The minimum atomic E-state index is -0.148. The first-order chi connectivity index (χ1) is 50.5. The fourth-order valence-corrected chi connectivity index (χ4v) is 16.9. The number of hydrogen-bond acceptors (Lipinski definition) is 2. The van der Waals surface area contributed by atoms with E-state index in [1.54, 1.807) is 0 Å². The lowest BCUT2D eigenvalue weighted by atomic mass is 9.78. The molecule has 0 saturated carbocycles. The second kappa shape index (κ2) is 24.3. The number of rotatable bonds is 8. The van der Waals surface area contributed by atoms with Gasteiger partial charge in [-0.3, -0.25) is 4.98 Å². The Morgan fingerprint density at radius 2 is 0.509 bits per heavy atom. The lowest BCUT2D eigenvalue weighted by Crippen LogP contribution is -2.11. The zero-order valence-corrected chi connectivity index (χ0v) is 64.4. The highest BCUT2D eigenvalue weighted by Crippen LogP contribution is 2.54. The topological polar surface area (TPSA) is 56.4 Å². The molecule has 0 saturated heterocycles. The van der Waals surface area contributed by atoms with Gasteiger partial charge in [-0.2, -0.15) is 5.26 Å². The van der Waals surface area contributed by atoms with Crippen LogP contribution in [0.1, 0.15) is 149 Å². The van der Waals surface area contributed by atoms with Gasteiger partial charge < -0.3 is 18.3 Å². The third-order valence-corrected chi connectivity index (χ3v) is 22.5. The fraction of sp³-hybridized carbons (Fsp3) is 0.220. The van der Waals surface area contributed by atoms with Gasteiger partial charge in [0.15, 0.2) is 0 Å². The molecule has 17 aromatic rings. The molecule has 17 rings (SSSR count). The van der Waals surface area contributed by atoms with Gasteiger partial charge in [-0.05, 0) is 224 Å². The van der Waals surface area contributed by atoms with Gasteiger partial charge in [0.05, 0.1) is 55.4 Å². The van der Waals surface area contributed by atoms with Crippen molar-refractivity contribution in [3.8, 4) is 73.3 Å². The van der Waals surface area contributed by atoms with Gasteiger partial charge in [0, 0.05) is 88.2 Å². The average Bonchev–Trinajstić information content (AvgIpc) is 1.28. The summed E-state index contributed by atoms with van der Waals surface area (Å²) in [7, 11) is 0. The highest BCUT2D eigenvalue weighted by Gasteiger charge is 2.33. The van der Waals surface area contributed by atoms with Gasteiger partial charge in [-0.25, -0.2) is 0 Å². The summed E-state index contributed by atoms with van der Waals surface area (Å²) in [6.45, 7) is 38.6. The highest BCUT2D eigenvalue weighted by molar-refractivity contribution is 6.16. The number of nitrogens with zero attached hydrogens (tertiary/aromatic N) is 6. The Hall–Kier alpha value is -11.5. The highest BCUT2D eigenvalue weighted by atomic mass is 15.0. The molecule has 5 heterocycles. The zero-order valence-electron chi connectivity index (χ0n) is 64.4. The second-order valence-electron chi connectivity index (χ2n) is 34.9. The van der Waals surface area contributed by atoms with Crippen LogP contribution in [0.5, 0.6) is 0 Å². The van der Waals surface area contributed by atoms with Gasteiger partial charge in [0.2, 0.25) is 0 Å². The van der Waals surface area contributed by atoms with Crippen LogP contribution in [0.4, 0.5) is 0 Å². The van der Waals surface area contributed by atoms with Gasteiger partial charge in [-0.15, -0.1) is 0 Å². The molecule has 5 aromatic heterocycles. The van der Waals surface area contributed by atoms with Crippen LogP contribution < -0.4 is 0 Å². The predicted molar refractivity (Wildman–Crippen MR) is 451 cm³/mol. The summed E-state index contributed by atoms with van der Waals surface area (Å²) in [6, 6.07) is 96.8. The van der Waals surface area contributed by atoms with Crippen LogP contribution in [0.25, 0.3) is 154 Å². The van der Waals surface area contributed by atoms with Crippen molar-refractivity contribution in [2.24, 2.45) is 0 Å². The summed E-state index contributed by atoms with van der Waals surface area (Å²) in [5.41, 5.74) is 28.8. The number of pyridine rings is 1. The van der Waals surface area contributed by atoms with E-state index in [9.17, 15) is 5.26 Å². The summed E-state index contributed by atoms with van der Waals surface area (Å²) in [5, 5.41) is 22.7. The molecule has 0 aliphatic rings. The molecule has 0 fully saturated rings. The summed E-state index contributed by atoms with van der Waals surface area (Å²) < 4.78 is 9.73. The molecule has 0 amide bonds. The first-order valence-electron chi connectivity index (χ1n) is 37.6. The number of para-hydroxylation sites is 3. The molecule has 0 N–H and O–H groups in total. The van der Waals surface area contributed by atoms with Crippen molar-refractivity contribution < 1.29 is 0 Å².